The molecule has 0 aliphatic rings. The predicted octanol–water partition coefficient (Wildman–Crippen LogP) is 4.31. The Morgan fingerprint density at radius 1 is 0.696 bits per heavy atom. The molecule has 0 aliphatic carbocycles. The number of rotatable bonds is 4. The molecule has 0 spiro atoms. The van der Waals surface area contributed by atoms with Crippen LogP contribution in [-0.2, 0) is 0 Å². The Balaban J connectivity index is 1.75. The number of aromatic nitrogens is 3. The summed E-state index contributed by atoms with van der Waals surface area (Å²) in [6.07, 6.45) is 9.82. The minimum Gasteiger partial charge on any atom is -0.326 e. The van der Waals surface area contributed by atoms with Gasteiger partial charge in [0.15, 0.2) is 0 Å². The number of benzene rings is 2. The first-order valence-electron chi connectivity index (χ1n) is 7.67. The topological polar surface area (TPSA) is 22.8 Å². The van der Waals surface area contributed by atoms with Crippen LogP contribution in [0.15, 0.2) is 97.8 Å². The van der Waals surface area contributed by atoms with Gasteiger partial charge >= 0.3 is 0 Å². The van der Waals surface area contributed by atoms with Crippen molar-refractivity contribution in [1.29, 1.82) is 0 Å². The molecule has 4 aromatic rings. The third-order valence-electron chi connectivity index (χ3n) is 4.05. The van der Waals surface area contributed by atoms with E-state index in [0.29, 0.717) is 0 Å². The molecule has 0 fully saturated rings. The lowest BCUT2D eigenvalue weighted by atomic mass is 9.98. The maximum atomic E-state index is 4.21. The van der Waals surface area contributed by atoms with Gasteiger partial charge in [-0.25, -0.2) is 4.98 Å². The summed E-state index contributed by atoms with van der Waals surface area (Å²) in [4.78, 5) is 4.21. The molecule has 2 heterocycles. The van der Waals surface area contributed by atoms with Crippen LogP contribution in [0.4, 0.5) is 0 Å². The van der Waals surface area contributed by atoms with Gasteiger partial charge in [0.25, 0.3) is 0 Å². The van der Waals surface area contributed by atoms with Crippen LogP contribution in [0.25, 0.3) is 5.69 Å². The Morgan fingerprint density at radius 2 is 1.39 bits per heavy atom. The maximum absolute atomic E-state index is 4.21. The average molecular weight is 299 g/mol. The largest absolute Gasteiger partial charge is 0.326 e. The zero-order valence-corrected chi connectivity index (χ0v) is 12.7. The monoisotopic (exact) mass is 299 g/mol. The lowest BCUT2D eigenvalue weighted by molar-refractivity contribution is 0.676. The Kier molecular flexibility index (Phi) is 3.53. The third kappa shape index (κ3) is 2.69. The SMILES string of the molecule is c1ccc([C@@H](c2ccc(-n3cccc3)cc2)n2ccnc2)cc1. The van der Waals surface area contributed by atoms with E-state index in [0.717, 1.165) is 5.69 Å². The van der Waals surface area contributed by atoms with Crippen molar-refractivity contribution in [1.82, 2.24) is 14.1 Å². The second-order valence-corrected chi connectivity index (χ2v) is 5.50. The van der Waals surface area contributed by atoms with Crippen LogP contribution >= 0.6 is 0 Å². The van der Waals surface area contributed by atoms with Crippen LogP contribution in [0.2, 0.25) is 0 Å². The highest BCUT2D eigenvalue weighted by atomic mass is 15.1. The fourth-order valence-electron chi connectivity index (χ4n) is 2.93. The van der Waals surface area contributed by atoms with Gasteiger partial charge in [-0.15, -0.1) is 0 Å². The Bertz CT molecular complexity index is 845. The first-order chi connectivity index (χ1) is 11.4. The summed E-state index contributed by atoms with van der Waals surface area (Å²) in [7, 11) is 0. The second-order valence-electron chi connectivity index (χ2n) is 5.50. The van der Waals surface area contributed by atoms with E-state index in [4.69, 9.17) is 0 Å². The van der Waals surface area contributed by atoms with Gasteiger partial charge in [0.1, 0.15) is 0 Å². The summed E-state index contributed by atoms with van der Waals surface area (Å²) in [6.45, 7) is 0. The molecule has 0 aliphatic heterocycles. The van der Waals surface area contributed by atoms with Crippen molar-refractivity contribution >= 4 is 0 Å². The molecule has 3 nitrogen and oxygen atoms in total. The van der Waals surface area contributed by atoms with Gasteiger partial charge in [-0.2, -0.15) is 0 Å². The van der Waals surface area contributed by atoms with Crippen molar-refractivity contribution in [3.8, 4) is 5.69 Å². The highest BCUT2D eigenvalue weighted by molar-refractivity contribution is 5.40. The van der Waals surface area contributed by atoms with Gasteiger partial charge in [0, 0.05) is 30.5 Å². The average Bonchev–Trinajstić information content (AvgIpc) is 3.31. The van der Waals surface area contributed by atoms with E-state index in [1.54, 1.807) is 0 Å². The van der Waals surface area contributed by atoms with E-state index in [1.165, 1.54) is 11.1 Å². The summed E-state index contributed by atoms with van der Waals surface area (Å²) in [5, 5.41) is 0. The molecule has 3 heteroatoms. The van der Waals surface area contributed by atoms with E-state index in [-0.39, 0.29) is 6.04 Å². The molecule has 112 valence electrons. The first-order valence-corrected chi connectivity index (χ1v) is 7.67. The highest BCUT2D eigenvalue weighted by Gasteiger charge is 2.15. The van der Waals surface area contributed by atoms with Gasteiger partial charge in [-0.3, -0.25) is 0 Å². The molecule has 2 aromatic heterocycles. The lowest BCUT2D eigenvalue weighted by Crippen LogP contribution is -2.10. The van der Waals surface area contributed by atoms with Crippen molar-refractivity contribution in [3.05, 3.63) is 109 Å². The molecule has 0 radical (unpaired) electrons. The molecule has 0 unspecified atom stereocenters. The zero-order chi connectivity index (χ0) is 15.5. The smallest absolute Gasteiger partial charge is 0.0954 e. The fraction of sp³-hybridized carbons (Fsp3) is 0.0500. The lowest BCUT2D eigenvalue weighted by Gasteiger charge is -2.20. The highest BCUT2D eigenvalue weighted by Crippen LogP contribution is 2.27. The van der Waals surface area contributed by atoms with Crippen LogP contribution in [0.5, 0.6) is 0 Å². The summed E-state index contributed by atoms with van der Waals surface area (Å²) < 4.78 is 4.25. The summed E-state index contributed by atoms with van der Waals surface area (Å²) in [6, 6.07) is 23.4. The van der Waals surface area contributed by atoms with Crippen LogP contribution in [-0.4, -0.2) is 14.1 Å². The molecule has 23 heavy (non-hydrogen) atoms. The van der Waals surface area contributed by atoms with Crippen LogP contribution < -0.4 is 0 Å². The Labute approximate surface area is 135 Å². The molecule has 0 bridgehead atoms. The van der Waals surface area contributed by atoms with Crippen molar-refractivity contribution in [2.24, 2.45) is 0 Å². The second kappa shape index (κ2) is 5.97. The third-order valence-corrected chi connectivity index (χ3v) is 4.05. The number of imidazole rings is 1. The Morgan fingerprint density at radius 3 is 2.04 bits per heavy atom. The normalized spacial score (nSPS) is 12.2. The van der Waals surface area contributed by atoms with E-state index >= 15 is 0 Å². The summed E-state index contributed by atoms with van der Waals surface area (Å²) in [5.41, 5.74) is 3.65. The van der Waals surface area contributed by atoms with Crippen molar-refractivity contribution in [3.63, 3.8) is 0 Å². The quantitative estimate of drug-likeness (QED) is 0.550. The molecule has 1 atom stereocenters. The summed E-state index contributed by atoms with van der Waals surface area (Å²) in [5.74, 6) is 0. The molecule has 0 saturated heterocycles. The van der Waals surface area contributed by atoms with Crippen LogP contribution in [0.1, 0.15) is 17.2 Å². The zero-order valence-electron chi connectivity index (χ0n) is 12.7. The molecule has 0 amide bonds. The van der Waals surface area contributed by atoms with E-state index < -0.39 is 0 Å². The minimum atomic E-state index is 0.136. The number of nitrogens with zero attached hydrogens (tertiary/aromatic N) is 3. The first kappa shape index (κ1) is 13.6. The standard InChI is InChI=1S/C20H17N3/c1-2-6-17(7-3-1)20(23-15-12-21-16-23)18-8-10-19(11-9-18)22-13-4-5-14-22/h1-16,20H/t20-/m0/s1. The molecular weight excluding hydrogens is 282 g/mol. The fourth-order valence-corrected chi connectivity index (χ4v) is 2.93. The van der Waals surface area contributed by atoms with Crippen LogP contribution in [0, 0.1) is 0 Å². The number of hydrogen-bond donors (Lipinski definition) is 0. The molecule has 0 N–H and O–H groups in total. The Hall–Kier alpha value is -3.07. The van der Waals surface area contributed by atoms with E-state index in [2.05, 4.69) is 75.0 Å². The van der Waals surface area contributed by atoms with Gasteiger partial charge in [0.2, 0.25) is 0 Å². The maximum Gasteiger partial charge on any atom is 0.0954 e. The minimum absolute atomic E-state index is 0.136. The van der Waals surface area contributed by atoms with Crippen molar-refractivity contribution in [2.75, 3.05) is 0 Å². The number of hydrogen-bond acceptors (Lipinski definition) is 1. The van der Waals surface area contributed by atoms with Crippen LogP contribution in [0.3, 0.4) is 0 Å². The van der Waals surface area contributed by atoms with E-state index in [9.17, 15) is 0 Å². The van der Waals surface area contributed by atoms with Gasteiger partial charge < -0.3 is 9.13 Å². The van der Waals surface area contributed by atoms with E-state index in [1.807, 2.05) is 36.9 Å². The molecule has 0 saturated carbocycles. The van der Waals surface area contributed by atoms with Gasteiger partial charge in [-0.1, -0.05) is 42.5 Å². The predicted molar refractivity (Wildman–Crippen MR) is 91.7 cm³/mol. The van der Waals surface area contributed by atoms with Crippen molar-refractivity contribution < 1.29 is 0 Å². The molecular formula is C20H17N3. The van der Waals surface area contributed by atoms with Gasteiger partial charge in [0.05, 0.1) is 12.4 Å². The molecule has 4 rings (SSSR count). The van der Waals surface area contributed by atoms with Gasteiger partial charge in [-0.05, 0) is 35.4 Å². The molecule has 2 aromatic carbocycles. The van der Waals surface area contributed by atoms with Crippen molar-refractivity contribution in [2.45, 2.75) is 6.04 Å². The summed E-state index contributed by atoms with van der Waals surface area (Å²) >= 11 is 0.